The molecular weight excluding hydrogens is 450 g/mol. The molecule has 0 saturated carbocycles. The molecule has 1 aromatic carbocycles. The molecule has 4 rings (SSSR count). The van der Waals surface area contributed by atoms with Crippen LogP contribution in [0.15, 0.2) is 67.4 Å². The summed E-state index contributed by atoms with van der Waals surface area (Å²) >= 11 is 7.60. The van der Waals surface area contributed by atoms with Crippen molar-refractivity contribution in [2.45, 2.75) is 18.4 Å². The normalized spacial score (nSPS) is 20.7. The van der Waals surface area contributed by atoms with Crippen molar-refractivity contribution < 1.29 is 19.0 Å². The van der Waals surface area contributed by atoms with E-state index in [1.165, 1.54) is 17.4 Å². The molecule has 2 aromatic heterocycles. The standard InChI is InChI=1S/C23H24ClN3O4S/c1-26(2)11-9-20(28)17-3-5-18(6-4-17)29-13-19-14-30-23(31-19,15-27-12-10-25-16-27)21-7-8-22(24)32-21/h3-12,16,19H,13-15H2,1-2H3/b11-9+. The predicted molar refractivity (Wildman–Crippen MR) is 123 cm³/mol. The van der Waals surface area contributed by atoms with Crippen molar-refractivity contribution in [2.75, 3.05) is 27.3 Å². The Morgan fingerprint density at radius 2 is 2.16 bits per heavy atom. The van der Waals surface area contributed by atoms with E-state index < -0.39 is 5.79 Å². The van der Waals surface area contributed by atoms with Gasteiger partial charge in [-0.15, -0.1) is 11.3 Å². The van der Waals surface area contributed by atoms with Crippen LogP contribution in [0.3, 0.4) is 0 Å². The first kappa shape index (κ1) is 22.5. The topological polar surface area (TPSA) is 65.8 Å². The maximum atomic E-state index is 12.2. The van der Waals surface area contributed by atoms with Crippen molar-refractivity contribution in [3.8, 4) is 5.75 Å². The highest BCUT2D eigenvalue weighted by Gasteiger charge is 2.45. The quantitative estimate of drug-likeness (QED) is 0.343. The zero-order valence-electron chi connectivity index (χ0n) is 17.8. The first-order valence-corrected chi connectivity index (χ1v) is 11.3. The molecule has 0 spiro atoms. The van der Waals surface area contributed by atoms with E-state index in [2.05, 4.69) is 4.98 Å². The third-order valence-corrected chi connectivity index (χ3v) is 6.21. The highest BCUT2D eigenvalue weighted by molar-refractivity contribution is 7.16. The van der Waals surface area contributed by atoms with Gasteiger partial charge in [-0.05, 0) is 36.4 Å². The number of carbonyl (C=O) groups is 1. The smallest absolute Gasteiger partial charge is 0.223 e. The van der Waals surface area contributed by atoms with Gasteiger partial charge in [-0.25, -0.2) is 4.98 Å². The van der Waals surface area contributed by atoms with Crippen LogP contribution in [0.2, 0.25) is 4.34 Å². The van der Waals surface area contributed by atoms with Crippen LogP contribution < -0.4 is 4.74 Å². The molecule has 0 aliphatic carbocycles. The van der Waals surface area contributed by atoms with Crippen LogP contribution >= 0.6 is 22.9 Å². The monoisotopic (exact) mass is 473 g/mol. The van der Waals surface area contributed by atoms with Gasteiger partial charge < -0.3 is 23.7 Å². The maximum Gasteiger partial charge on any atom is 0.223 e. The van der Waals surface area contributed by atoms with E-state index in [-0.39, 0.29) is 11.9 Å². The fourth-order valence-electron chi connectivity index (χ4n) is 3.29. The third kappa shape index (κ3) is 5.39. The molecule has 1 aliphatic rings. The van der Waals surface area contributed by atoms with Crippen molar-refractivity contribution in [3.63, 3.8) is 0 Å². The molecule has 9 heteroatoms. The van der Waals surface area contributed by atoms with Crippen LogP contribution in [-0.4, -0.2) is 53.6 Å². The second-order valence-corrected chi connectivity index (χ2v) is 9.34. The number of hydrogen-bond acceptors (Lipinski definition) is 7. The van der Waals surface area contributed by atoms with Crippen LogP contribution in [0, 0.1) is 0 Å². The minimum absolute atomic E-state index is 0.0586. The molecule has 0 radical (unpaired) electrons. The van der Waals surface area contributed by atoms with Crippen molar-refractivity contribution in [3.05, 3.63) is 82.2 Å². The summed E-state index contributed by atoms with van der Waals surface area (Å²) in [6.45, 7) is 1.16. The maximum absolute atomic E-state index is 12.2. The summed E-state index contributed by atoms with van der Waals surface area (Å²) in [6, 6.07) is 10.8. The second-order valence-electron chi connectivity index (χ2n) is 7.62. The summed E-state index contributed by atoms with van der Waals surface area (Å²) in [6.07, 6.45) is 8.31. The summed E-state index contributed by atoms with van der Waals surface area (Å²) in [5.74, 6) is -0.341. The van der Waals surface area contributed by atoms with Crippen LogP contribution in [0.4, 0.5) is 0 Å². The van der Waals surface area contributed by atoms with Crippen molar-refractivity contribution in [2.24, 2.45) is 0 Å². The van der Waals surface area contributed by atoms with Gasteiger partial charge in [0.25, 0.3) is 0 Å². The highest BCUT2D eigenvalue weighted by Crippen LogP contribution is 2.41. The number of carbonyl (C=O) groups excluding carboxylic acids is 1. The molecule has 1 saturated heterocycles. The third-order valence-electron chi connectivity index (χ3n) is 4.86. The fraction of sp³-hybridized carbons (Fsp3) is 0.304. The van der Waals surface area contributed by atoms with Crippen molar-refractivity contribution in [1.82, 2.24) is 14.5 Å². The molecule has 168 valence electrons. The molecule has 2 unspecified atom stereocenters. The number of allylic oxidation sites excluding steroid dienone is 1. The Morgan fingerprint density at radius 3 is 2.81 bits per heavy atom. The fourth-order valence-corrected chi connectivity index (χ4v) is 4.42. The highest BCUT2D eigenvalue weighted by atomic mass is 35.5. The number of halogens is 1. The number of imidazole rings is 1. The molecule has 7 nitrogen and oxygen atoms in total. The average molecular weight is 474 g/mol. The van der Waals surface area contributed by atoms with E-state index in [4.69, 9.17) is 25.8 Å². The minimum atomic E-state index is -0.943. The number of hydrogen-bond donors (Lipinski definition) is 0. The summed E-state index contributed by atoms with van der Waals surface area (Å²) in [4.78, 5) is 19.0. The Labute approximate surface area is 195 Å². The SMILES string of the molecule is CN(C)/C=C/C(=O)c1ccc(OCC2COC(Cn3ccnc3)(c3ccc(Cl)s3)O2)cc1. The summed E-state index contributed by atoms with van der Waals surface area (Å²) < 4.78 is 21.0. The summed E-state index contributed by atoms with van der Waals surface area (Å²) in [5, 5.41) is 0. The van der Waals surface area contributed by atoms with Gasteiger partial charge in [0.05, 0.1) is 28.7 Å². The number of ketones is 1. The number of rotatable bonds is 9. The molecular formula is C23H24ClN3O4S. The van der Waals surface area contributed by atoms with Crippen molar-refractivity contribution in [1.29, 1.82) is 0 Å². The van der Waals surface area contributed by atoms with Gasteiger partial charge in [-0.1, -0.05) is 11.6 Å². The Morgan fingerprint density at radius 1 is 1.34 bits per heavy atom. The number of ether oxygens (including phenoxy) is 3. The van der Waals surface area contributed by atoms with E-state index in [1.807, 2.05) is 41.9 Å². The second kappa shape index (κ2) is 9.87. The van der Waals surface area contributed by atoms with Gasteiger partial charge in [0, 0.05) is 44.3 Å². The Hall–Kier alpha value is -2.65. The average Bonchev–Trinajstić information content (AvgIpc) is 3.53. The summed E-state index contributed by atoms with van der Waals surface area (Å²) in [5.41, 5.74) is 0.602. The van der Waals surface area contributed by atoms with E-state index in [1.54, 1.807) is 43.0 Å². The zero-order valence-corrected chi connectivity index (χ0v) is 19.4. The number of thiophene rings is 1. The molecule has 1 fully saturated rings. The largest absolute Gasteiger partial charge is 0.491 e. The molecule has 32 heavy (non-hydrogen) atoms. The van der Waals surface area contributed by atoms with Gasteiger partial charge in [0.15, 0.2) is 5.78 Å². The van der Waals surface area contributed by atoms with Crippen molar-refractivity contribution >= 4 is 28.7 Å². The van der Waals surface area contributed by atoms with Crippen LogP contribution in [0.1, 0.15) is 15.2 Å². The predicted octanol–water partition coefficient (Wildman–Crippen LogP) is 4.20. The molecule has 2 atom stereocenters. The molecule has 1 aliphatic heterocycles. The number of nitrogens with zero attached hydrogens (tertiary/aromatic N) is 3. The molecule has 3 heterocycles. The molecule has 0 bridgehead atoms. The van der Waals surface area contributed by atoms with Crippen LogP contribution in [0.5, 0.6) is 5.75 Å². The minimum Gasteiger partial charge on any atom is -0.491 e. The van der Waals surface area contributed by atoms with Gasteiger partial charge in [-0.3, -0.25) is 4.79 Å². The Kier molecular flexibility index (Phi) is 6.95. The van der Waals surface area contributed by atoms with Crippen LogP contribution in [0.25, 0.3) is 0 Å². The lowest BCUT2D eigenvalue weighted by Gasteiger charge is -2.27. The first-order valence-electron chi connectivity index (χ1n) is 10.1. The van der Waals surface area contributed by atoms with E-state index in [9.17, 15) is 4.79 Å². The van der Waals surface area contributed by atoms with Gasteiger partial charge >= 0.3 is 0 Å². The van der Waals surface area contributed by atoms with Gasteiger partial charge in [0.2, 0.25) is 5.79 Å². The molecule has 3 aromatic rings. The Balaban J connectivity index is 1.39. The van der Waals surface area contributed by atoms with E-state index in [0.717, 1.165) is 4.88 Å². The number of aromatic nitrogens is 2. The van der Waals surface area contributed by atoms with Gasteiger partial charge in [-0.2, -0.15) is 0 Å². The van der Waals surface area contributed by atoms with Crippen LogP contribution in [-0.2, 0) is 21.8 Å². The summed E-state index contributed by atoms with van der Waals surface area (Å²) in [7, 11) is 3.74. The van der Waals surface area contributed by atoms with E-state index >= 15 is 0 Å². The van der Waals surface area contributed by atoms with Gasteiger partial charge in [0.1, 0.15) is 18.5 Å². The number of benzene rings is 1. The molecule has 0 N–H and O–H groups in total. The zero-order chi connectivity index (χ0) is 22.6. The lowest BCUT2D eigenvalue weighted by Crippen LogP contribution is -2.33. The van der Waals surface area contributed by atoms with E-state index in [0.29, 0.717) is 35.4 Å². The first-order chi connectivity index (χ1) is 15.4. The lowest BCUT2D eigenvalue weighted by molar-refractivity contribution is -0.186. The Bertz CT molecular complexity index is 1070. The lowest BCUT2D eigenvalue weighted by atomic mass is 10.1. The molecule has 0 amide bonds.